The van der Waals surface area contributed by atoms with Crippen LogP contribution in [-0.2, 0) is 6.42 Å². The van der Waals surface area contributed by atoms with Crippen molar-refractivity contribution < 1.29 is 9.90 Å². The number of nitrogens with two attached hydrogens (primary N) is 1. The monoisotopic (exact) mass is 274 g/mol. The first-order valence-corrected chi connectivity index (χ1v) is 6.30. The van der Waals surface area contributed by atoms with Gasteiger partial charge in [-0.05, 0) is 19.4 Å². The van der Waals surface area contributed by atoms with Gasteiger partial charge in [0.25, 0.3) is 0 Å². The molecule has 2 heterocycles. The van der Waals surface area contributed by atoms with Crippen molar-refractivity contribution in [2.24, 2.45) is 5.73 Å². The maximum Gasteiger partial charge on any atom is 0.185 e. The Labute approximate surface area is 111 Å². The molecule has 1 aliphatic heterocycles. The van der Waals surface area contributed by atoms with Crippen molar-refractivity contribution in [1.82, 2.24) is 15.3 Å². The number of imidazole rings is 1. The first-order chi connectivity index (χ1) is 8.58. The minimum absolute atomic E-state index is 0.00347. The van der Waals surface area contributed by atoms with Gasteiger partial charge in [0.2, 0.25) is 0 Å². The largest absolute Gasteiger partial charge is 0.390 e. The van der Waals surface area contributed by atoms with Gasteiger partial charge in [0, 0.05) is 12.6 Å². The zero-order valence-corrected chi connectivity index (χ0v) is 11.1. The van der Waals surface area contributed by atoms with Gasteiger partial charge < -0.3 is 21.1 Å². The van der Waals surface area contributed by atoms with Crippen LogP contribution in [0.2, 0.25) is 5.15 Å². The van der Waals surface area contributed by atoms with Gasteiger partial charge in [-0.2, -0.15) is 0 Å². The first kappa shape index (κ1) is 15.1. The number of aromatic amines is 1. The number of halogens is 1. The number of aliphatic hydroxyl groups excluding tert-OH is 1. The number of hydrogen-bond donors (Lipinski definition) is 4. The molecule has 2 atom stereocenters. The predicted molar refractivity (Wildman–Crippen MR) is 69.8 cm³/mol. The van der Waals surface area contributed by atoms with E-state index in [4.69, 9.17) is 22.4 Å². The van der Waals surface area contributed by atoms with E-state index in [1.807, 2.05) is 6.92 Å². The maximum atomic E-state index is 10.1. The zero-order valence-electron chi connectivity index (χ0n) is 10.3. The van der Waals surface area contributed by atoms with Crippen LogP contribution in [0.5, 0.6) is 0 Å². The fourth-order valence-electron chi connectivity index (χ4n) is 1.56. The first-order valence-electron chi connectivity index (χ1n) is 5.92. The van der Waals surface area contributed by atoms with Gasteiger partial charge in [-0.3, -0.25) is 4.79 Å². The van der Waals surface area contributed by atoms with E-state index in [-0.39, 0.29) is 12.1 Å². The standard InChI is InChI=1S/C6H7ClN2O.C5H12N2O/c1-2-4-6(7)9-5(3-10)8-4;6-4-1-2-7-3-5(4)8/h3H,2H2,1H3,(H,8,9);4-5,7-8H,1-3,6H2. The van der Waals surface area contributed by atoms with E-state index in [9.17, 15) is 4.79 Å². The van der Waals surface area contributed by atoms with Crippen molar-refractivity contribution in [2.75, 3.05) is 13.1 Å². The number of aliphatic hydroxyl groups is 1. The number of aromatic nitrogens is 2. The van der Waals surface area contributed by atoms with Crippen molar-refractivity contribution >= 4 is 17.9 Å². The van der Waals surface area contributed by atoms with Gasteiger partial charge in [-0.1, -0.05) is 18.5 Å². The minimum atomic E-state index is -0.330. The fourth-order valence-corrected chi connectivity index (χ4v) is 1.83. The summed E-state index contributed by atoms with van der Waals surface area (Å²) in [5.74, 6) is 0.293. The molecule has 0 aromatic carbocycles. The molecule has 0 saturated carbocycles. The van der Waals surface area contributed by atoms with Gasteiger partial charge in [0.1, 0.15) is 0 Å². The van der Waals surface area contributed by atoms with Crippen LogP contribution in [0.25, 0.3) is 0 Å². The lowest BCUT2D eigenvalue weighted by molar-refractivity contribution is 0.111. The van der Waals surface area contributed by atoms with E-state index < -0.39 is 0 Å². The lowest BCUT2D eigenvalue weighted by Crippen LogP contribution is -2.48. The molecule has 2 unspecified atom stereocenters. The molecule has 1 aliphatic rings. The van der Waals surface area contributed by atoms with E-state index >= 15 is 0 Å². The summed E-state index contributed by atoms with van der Waals surface area (Å²) in [6.45, 7) is 3.54. The molecule has 1 aromatic heterocycles. The molecule has 6 nitrogen and oxygen atoms in total. The van der Waals surface area contributed by atoms with Crippen LogP contribution in [0.3, 0.4) is 0 Å². The third-order valence-electron chi connectivity index (χ3n) is 2.71. The maximum absolute atomic E-state index is 10.1. The van der Waals surface area contributed by atoms with Crippen LogP contribution in [0.15, 0.2) is 0 Å². The summed E-state index contributed by atoms with van der Waals surface area (Å²) < 4.78 is 0. The van der Waals surface area contributed by atoms with Crippen LogP contribution >= 0.6 is 11.6 Å². The Hall–Kier alpha value is -0.950. The smallest absolute Gasteiger partial charge is 0.185 e. The summed E-state index contributed by atoms with van der Waals surface area (Å²) in [7, 11) is 0. The highest BCUT2D eigenvalue weighted by Gasteiger charge is 2.17. The summed E-state index contributed by atoms with van der Waals surface area (Å²) in [5, 5.41) is 12.4. The van der Waals surface area contributed by atoms with E-state index in [0.717, 1.165) is 25.1 Å². The molecule has 0 radical (unpaired) electrons. The quantitative estimate of drug-likeness (QED) is 0.573. The van der Waals surface area contributed by atoms with Crippen LogP contribution in [0, 0.1) is 0 Å². The Morgan fingerprint density at radius 3 is 2.72 bits per heavy atom. The molecule has 1 saturated heterocycles. The van der Waals surface area contributed by atoms with Crippen LogP contribution in [-0.4, -0.2) is 46.6 Å². The normalized spacial score (nSPS) is 23.1. The average molecular weight is 275 g/mol. The molecule has 1 aromatic rings. The molecule has 0 bridgehead atoms. The zero-order chi connectivity index (χ0) is 13.5. The molecule has 5 N–H and O–H groups in total. The molecule has 102 valence electrons. The summed E-state index contributed by atoms with van der Waals surface area (Å²) in [5.41, 5.74) is 6.30. The molecular weight excluding hydrogens is 256 g/mol. The number of nitrogens with one attached hydrogen (secondary N) is 2. The van der Waals surface area contributed by atoms with Gasteiger partial charge in [0.05, 0.1) is 11.8 Å². The number of nitrogens with zero attached hydrogens (tertiary/aromatic N) is 1. The second-order valence-corrected chi connectivity index (χ2v) is 4.44. The molecule has 7 heteroatoms. The Kier molecular flexibility index (Phi) is 6.28. The number of H-pyrrole nitrogens is 1. The fraction of sp³-hybridized carbons (Fsp3) is 0.636. The average Bonchev–Trinajstić information content (AvgIpc) is 2.74. The van der Waals surface area contributed by atoms with Crippen molar-refractivity contribution in [1.29, 1.82) is 0 Å². The molecule has 0 aliphatic carbocycles. The summed E-state index contributed by atoms with van der Waals surface area (Å²) in [4.78, 5) is 16.6. The highest BCUT2D eigenvalue weighted by atomic mass is 35.5. The number of carbonyl (C=O) groups is 1. The molecule has 1 fully saturated rings. The van der Waals surface area contributed by atoms with E-state index in [0.29, 0.717) is 23.8 Å². The molecular formula is C11H19ClN4O2. The Balaban J connectivity index is 0.000000184. The SMILES string of the molecule is CCc1[nH]c(C=O)nc1Cl.NC1CCNCC1O. The van der Waals surface area contributed by atoms with Crippen molar-refractivity contribution in [2.45, 2.75) is 31.9 Å². The molecule has 0 amide bonds. The molecule has 2 rings (SSSR count). The number of aldehydes is 1. The Morgan fingerprint density at radius 2 is 2.39 bits per heavy atom. The molecule has 0 spiro atoms. The van der Waals surface area contributed by atoms with Crippen LogP contribution in [0.4, 0.5) is 0 Å². The predicted octanol–water partition coefficient (Wildman–Crippen LogP) is 0.106. The van der Waals surface area contributed by atoms with Crippen molar-refractivity contribution in [3.63, 3.8) is 0 Å². The number of piperidine rings is 1. The highest BCUT2D eigenvalue weighted by Crippen LogP contribution is 2.11. The van der Waals surface area contributed by atoms with Gasteiger partial charge >= 0.3 is 0 Å². The number of carbonyl (C=O) groups excluding carboxylic acids is 1. The Morgan fingerprint density at radius 1 is 1.67 bits per heavy atom. The van der Waals surface area contributed by atoms with Gasteiger partial charge in [-0.15, -0.1) is 0 Å². The summed E-state index contributed by atoms with van der Waals surface area (Å²) in [6, 6.07) is -0.00347. The number of aryl methyl sites for hydroxylation is 1. The number of hydrogen-bond acceptors (Lipinski definition) is 5. The second kappa shape index (κ2) is 7.48. The van der Waals surface area contributed by atoms with Crippen molar-refractivity contribution in [3.8, 4) is 0 Å². The third-order valence-corrected chi connectivity index (χ3v) is 3.03. The lowest BCUT2D eigenvalue weighted by atomic mass is 10.1. The van der Waals surface area contributed by atoms with Gasteiger partial charge in [0.15, 0.2) is 17.3 Å². The summed E-state index contributed by atoms with van der Waals surface area (Å²) >= 11 is 5.62. The molecule has 18 heavy (non-hydrogen) atoms. The van der Waals surface area contributed by atoms with E-state index in [1.165, 1.54) is 0 Å². The third kappa shape index (κ3) is 4.38. The van der Waals surface area contributed by atoms with Crippen LogP contribution < -0.4 is 11.1 Å². The van der Waals surface area contributed by atoms with E-state index in [2.05, 4.69) is 15.3 Å². The number of rotatable bonds is 2. The lowest BCUT2D eigenvalue weighted by Gasteiger charge is -2.24. The summed E-state index contributed by atoms with van der Waals surface area (Å²) in [6.07, 6.45) is 1.97. The Bertz CT molecular complexity index is 373. The van der Waals surface area contributed by atoms with Gasteiger partial charge in [-0.25, -0.2) is 4.98 Å². The van der Waals surface area contributed by atoms with Crippen LogP contribution in [0.1, 0.15) is 29.7 Å². The minimum Gasteiger partial charge on any atom is -0.390 e. The number of β-amino-alcohol motifs (C(OH)–C–C–N with tert-alkyl or cyclic N) is 1. The van der Waals surface area contributed by atoms with Crippen molar-refractivity contribution in [3.05, 3.63) is 16.7 Å². The second-order valence-electron chi connectivity index (χ2n) is 4.09. The van der Waals surface area contributed by atoms with E-state index in [1.54, 1.807) is 0 Å². The highest BCUT2D eigenvalue weighted by molar-refractivity contribution is 6.30. The topological polar surface area (TPSA) is 104 Å².